The maximum Gasteiger partial charge on any atom is 0.333 e. The Morgan fingerprint density at radius 1 is 0.826 bits per heavy atom. The lowest BCUT2D eigenvalue weighted by atomic mass is 9.75. The van der Waals surface area contributed by atoms with E-state index in [1.165, 1.54) is 25.7 Å². The van der Waals surface area contributed by atoms with E-state index >= 15 is 0 Å². The first-order valence-corrected chi connectivity index (χ1v) is 9.60. The fraction of sp³-hybridized carbons (Fsp3) is 0.950. The molecule has 138 valence electrons. The number of hydrogen-bond donors (Lipinski definition) is 2. The minimum Gasteiger partial charge on any atom is -0.479 e. The molecule has 3 nitrogen and oxygen atoms in total. The molecule has 3 heteroatoms. The summed E-state index contributed by atoms with van der Waals surface area (Å²) in [5, 5.41) is 19.4. The Balaban J connectivity index is 4.27. The minimum absolute atomic E-state index is 0.485. The van der Waals surface area contributed by atoms with Crippen LogP contribution in [0.5, 0.6) is 0 Å². The van der Waals surface area contributed by atoms with Gasteiger partial charge in [-0.1, -0.05) is 86.0 Å². The summed E-state index contributed by atoms with van der Waals surface area (Å²) < 4.78 is 0. The zero-order chi connectivity index (χ0) is 17.9. The quantitative estimate of drug-likeness (QED) is 0.405. The van der Waals surface area contributed by atoms with Crippen LogP contribution in [-0.4, -0.2) is 22.3 Å². The van der Waals surface area contributed by atoms with Gasteiger partial charge in [-0.15, -0.1) is 0 Å². The summed E-state index contributed by atoms with van der Waals surface area (Å²) in [4.78, 5) is 11.3. The smallest absolute Gasteiger partial charge is 0.333 e. The molecule has 2 N–H and O–H groups in total. The number of carbonyl (C=O) groups is 1. The van der Waals surface area contributed by atoms with Crippen LogP contribution in [0.2, 0.25) is 0 Å². The fourth-order valence-corrected chi connectivity index (χ4v) is 3.21. The van der Waals surface area contributed by atoms with E-state index in [0.29, 0.717) is 0 Å². The Kier molecular flexibility index (Phi) is 11.6. The zero-order valence-corrected chi connectivity index (χ0v) is 16.1. The van der Waals surface area contributed by atoms with Gasteiger partial charge in [0.25, 0.3) is 0 Å². The van der Waals surface area contributed by atoms with Crippen molar-refractivity contribution in [2.45, 2.75) is 105 Å². The van der Waals surface area contributed by atoms with Crippen LogP contribution >= 0.6 is 0 Å². The van der Waals surface area contributed by atoms with Gasteiger partial charge in [0.2, 0.25) is 0 Å². The lowest BCUT2D eigenvalue weighted by Gasteiger charge is -2.32. The van der Waals surface area contributed by atoms with Crippen molar-refractivity contribution in [2.24, 2.45) is 17.3 Å². The molecule has 0 bridgehead atoms. The summed E-state index contributed by atoms with van der Waals surface area (Å²) in [5.74, 6) is 0.385. The largest absolute Gasteiger partial charge is 0.479 e. The van der Waals surface area contributed by atoms with E-state index in [0.717, 1.165) is 50.4 Å². The lowest BCUT2D eigenvalue weighted by molar-refractivity contribution is -0.154. The van der Waals surface area contributed by atoms with Crippen molar-refractivity contribution in [3.05, 3.63) is 0 Å². The highest BCUT2D eigenvalue weighted by atomic mass is 16.4. The van der Waals surface area contributed by atoms with Gasteiger partial charge in [0.15, 0.2) is 6.10 Å². The van der Waals surface area contributed by atoms with E-state index in [4.69, 9.17) is 0 Å². The summed E-state index contributed by atoms with van der Waals surface area (Å²) in [6.45, 7) is 10.9. The van der Waals surface area contributed by atoms with Crippen molar-refractivity contribution in [3.8, 4) is 0 Å². The van der Waals surface area contributed by atoms with Crippen LogP contribution < -0.4 is 0 Å². The van der Waals surface area contributed by atoms with Crippen LogP contribution in [0.1, 0.15) is 98.8 Å². The van der Waals surface area contributed by atoms with Gasteiger partial charge in [0.1, 0.15) is 0 Å². The molecule has 0 spiro atoms. The van der Waals surface area contributed by atoms with Gasteiger partial charge in [-0.05, 0) is 24.7 Å². The number of rotatable bonds is 14. The summed E-state index contributed by atoms with van der Waals surface area (Å²) in [7, 11) is 0. The van der Waals surface area contributed by atoms with E-state index in [1.807, 2.05) is 6.92 Å². The predicted molar refractivity (Wildman–Crippen MR) is 97.6 cm³/mol. The van der Waals surface area contributed by atoms with Crippen LogP contribution in [0, 0.1) is 17.3 Å². The first-order valence-electron chi connectivity index (χ1n) is 9.60. The second-order valence-electron chi connectivity index (χ2n) is 8.38. The molecule has 1 unspecified atom stereocenters. The van der Waals surface area contributed by atoms with Gasteiger partial charge in [0.05, 0.1) is 0 Å². The molecule has 0 fully saturated rings. The first-order chi connectivity index (χ1) is 10.7. The third-order valence-corrected chi connectivity index (χ3v) is 4.95. The highest BCUT2D eigenvalue weighted by molar-refractivity contribution is 5.73. The summed E-state index contributed by atoms with van der Waals surface area (Å²) >= 11 is 0. The minimum atomic E-state index is -1.24. The van der Waals surface area contributed by atoms with Gasteiger partial charge in [-0.25, -0.2) is 4.79 Å². The van der Waals surface area contributed by atoms with Crippen molar-refractivity contribution >= 4 is 5.97 Å². The molecule has 0 aromatic heterocycles. The van der Waals surface area contributed by atoms with Crippen LogP contribution in [0.15, 0.2) is 0 Å². The standard InChI is InChI=1S/C20H40O3/c1-16(2)12-8-6-10-14-20(5,18(21)19(22)23)15-11-7-9-13-17(3)4/h16-18,21H,6-15H2,1-5H3,(H,22,23). The number of hydrogen-bond acceptors (Lipinski definition) is 2. The monoisotopic (exact) mass is 328 g/mol. The lowest BCUT2D eigenvalue weighted by Crippen LogP contribution is -2.38. The summed E-state index contributed by atoms with van der Waals surface area (Å²) in [5.41, 5.74) is -0.485. The van der Waals surface area contributed by atoms with E-state index < -0.39 is 17.5 Å². The molecule has 0 heterocycles. The molecule has 0 aliphatic heterocycles. The van der Waals surface area contributed by atoms with Crippen molar-refractivity contribution in [1.29, 1.82) is 0 Å². The van der Waals surface area contributed by atoms with Crippen molar-refractivity contribution < 1.29 is 15.0 Å². The molecule has 1 atom stereocenters. The fourth-order valence-electron chi connectivity index (χ4n) is 3.21. The number of aliphatic hydroxyl groups is 1. The number of carboxylic acids is 1. The zero-order valence-electron chi connectivity index (χ0n) is 16.1. The van der Waals surface area contributed by atoms with E-state index in [2.05, 4.69) is 27.7 Å². The molecule has 0 saturated carbocycles. The molecule has 0 aliphatic rings. The molecular weight excluding hydrogens is 288 g/mol. The molecular formula is C20H40O3. The molecule has 0 amide bonds. The number of carboxylic acid groups (broad SMARTS) is 1. The van der Waals surface area contributed by atoms with Gasteiger partial charge in [0, 0.05) is 5.41 Å². The third kappa shape index (κ3) is 10.8. The first kappa shape index (κ1) is 22.4. The van der Waals surface area contributed by atoms with Crippen LogP contribution in [0.4, 0.5) is 0 Å². The predicted octanol–water partition coefficient (Wildman–Crippen LogP) is 5.65. The van der Waals surface area contributed by atoms with Crippen LogP contribution in [0.3, 0.4) is 0 Å². The number of aliphatic hydroxyl groups excluding tert-OH is 1. The average molecular weight is 329 g/mol. The second kappa shape index (κ2) is 11.9. The van der Waals surface area contributed by atoms with Crippen LogP contribution in [-0.2, 0) is 4.79 Å². The highest BCUT2D eigenvalue weighted by Crippen LogP contribution is 2.35. The Hall–Kier alpha value is -0.570. The maximum absolute atomic E-state index is 11.3. The second-order valence-corrected chi connectivity index (χ2v) is 8.38. The molecule has 0 rings (SSSR count). The summed E-state index contributed by atoms with van der Waals surface area (Å²) in [6, 6.07) is 0. The Bertz CT molecular complexity index is 292. The molecule has 0 aromatic carbocycles. The van der Waals surface area contributed by atoms with Crippen molar-refractivity contribution in [2.75, 3.05) is 0 Å². The van der Waals surface area contributed by atoms with E-state index in [9.17, 15) is 15.0 Å². The average Bonchev–Trinajstić information content (AvgIpc) is 2.44. The molecule has 0 saturated heterocycles. The maximum atomic E-state index is 11.3. The molecule has 0 radical (unpaired) electrons. The number of aliphatic carboxylic acids is 1. The molecule has 0 aliphatic carbocycles. The van der Waals surface area contributed by atoms with Gasteiger partial charge in [-0.3, -0.25) is 0 Å². The normalized spacial score (nSPS) is 13.7. The SMILES string of the molecule is CC(C)CCCCCC(C)(CCCCCC(C)C)C(O)C(=O)O. The van der Waals surface area contributed by atoms with Gasteiger partial charge < -0.3 is 10.2 Å². The Morgan fingerprint density at radius 2 is 1.22 bits per heavy atom. The van der Waals surface area contributed by atoms with Crippen molar-refractivity contribution in [3.63, 3.8) is 0 Å². The van der Waals surface area contributed by atoms with Crippen molar-refractivity contribution in [1.82, 2.24) is 0 Å². The van der Waals surface area contributed by atoms with Crippen LogP contribution in [0.25, 0.3) is 0 Å². The summed E-state index contributed by atoms with van der Waals surface area (Å²) in [6.07, 6.45) is 9.53. The van der Waals surface area contributed by atoms with Gasteiger partial charge >= 0.3 is 5.97 Å². The van der Waals surface area contributed by atoms with E-state index in [1.54, 1.807) is 0 Å². The Labute approximate surface area is 143 Å². The molecule has 23 heavy (non-hydrogen) atoms. The van der Waals surface area contributed by atoms with Gasteiger partial charge in [-0.2, -0.15) is 0 Å². The Morgan fingerprint density at radius 3 is 1.52 bits per heavy atom. The topological polar surface area (TPSA) is 57.5 Å². The number of unbranched alkanes of at least 4 members (excludes halogenated alkanes) is 4. The molecule has 0 aromatic rings. The third-order valence-electron chi connectivity index (χ3n) is 4.95. The highest BCUT2D eigenvalue weighted by Gasteiger charge is 2.36. The van der Waals surface area contributed by atoms with E-state index in [-0.39, 0.29) is 0 Å².